The van der Waals surface area contributed by atoms with Crippen LogP contribution < -0.4 is 15.4 Å². The van der Waals surface area contributed by atoms with Gasteiger partial charge >= 0.3 is 0 Å². The number of amides is 1. The molecule has 3 aromatic rings. The molecule has 0 saturated heterocycles. The molecule has 2 N–H and O–H groups in total. The number of aromatic nitrogens is 3. The van der Waals surface area contributed by atoms with Crippen LogP contribution in [0.2, 0.25) is 0 Å². The largest absolute Gasteiger partial charge is 0.492 e. The molecule has 0 fully saturated rings. The molecule has 0 spiro atoms. The van der Waals surface area contributed by atoms with Crippen LogP contribution in [0.5, 0.6) is 5.75 Å². The maximum atomic E-state index is 14.1. The lowest BCUT2D eigenvalue weighted by atomic mass is 10.2. The number of ether oxygens (including phenoxy) is 1. The first-order chi connectivity index (χ1) is 11.6. The number of fused-ring (bicyclic) bond motifs is 3. The van der Waals surface area contributed by atoms with Crippen molar-refractivity contribution < 1.29 is 13.9 Å². The molecule has 0 radical (unpaired) electrons. The number of carbonyl (C=O) groups is 1. The van der Waals surface area contributed by atoms with Crippen LogP contribution in [0.1, 0.15) is 16.1 Å². The van der Waals surface area contributed by atoms with Gasteiger partial charge in [-0.1, -0.05) is 0 Å². The summed E-state index contributed by atoms with van der Waals surface area (Å²) in [5, 5.41) is 9.89. The summed E-state index contributed by atoms with van der Waals surface area (Å²) in [6.45, 7) is 2.42. The van der Waals surface area contributed by atoms with Crippen molar-refractivity contribution in [2.75, 3.05) is 18.5 Å². The molecular formula is C16H14FN5O2. The van der Waals surface area contributed by atoms with Gasteiger partial charge in [-0.3, -0.25) is 4.79 Å². The lowest BCUT2D eigenvalue weighted by molar-refractivity contribution is 0.0948. The molecule has 0 saturated carbocycles. The van der Waals surface area contributed by atoms with E-state index in [2.05, 4.69) is 20.7 Å². The van der Waals surface area contributed by atoms with Crippen molar-refractivity contribution in [3.63, 3.8) is 0 Å². The van der Waals surface area contributed by atoms with Crippen molar-refractivity contribution in [2.24, 2.45) is 0 Å². The first-order valence-corrected chi connectivity index (χ1v) is 7.45. The number of nitrogens with one attached hydrogen (secondary N) is 2. The number of aryl methyl sites for hydroxylation is 1. The predicted octanol–water partition coefficient (Wildman–Crippen LogP) is 2.04. The van der Waals surface area contributed by atoms with E-state index >= 15 is 0 Å². The maximum absolute atomic E-state index is 14.1. The van der Waals surface area contributed by atoms with Gasteiger partial charge in [0.2, 0.25) is 0 Å². The third-order valence-corrected chi connectivity index (χ3v) is 3.75. The van der Waals surface area contributed by atoms with E-state index in [1.807, 2.05) is 6.92 Å². The number of carbonyl (C=O) groups excluding carboxylic acids is 1. The summed E-state index contributed by atoms with van der Waals surface area (Å²) >= 11 is 0. The maximum Gasteiger partial charge on any atom is 0.256 e. The van der Waals surface area contributed by atoms with E-state index in [1.165, 1.54) is 12.3 Å². The molecule has 1 aliphatic heterocycles. The van der Waals surface area contributed by atoms with Gasteiger partial charge in [0, 0.05) is 17.8 Å². The number of hydrogen-bond donors (Lipinski definition) is 2. The molecule has 1 aliphatic rings. The summed E-state index contributed by atoms with van der Waals surface area (Å²) in [5.74, 6) is 0.229. The molecule has 122 valence electrons. The van der Waals surface area contributed by atoms with Crippen molar-refractivity contribution in [3.05, 3.63) is 47.5 Å². The summed E-state index contributed by atoms with van der Waals surface area (Å²) in [5.41, 5.74) is 1.78. The summed E-state index contributed by atoms with van der Waals surface area (Å²) in [7, 11) is 0. The third kappa shape index (κ3) is 2.41. The standard InChI is InChI=1S/C16H14FN5O2/c1-9-6-14-20-13-7-10(2-3-12(13)17)24-5-4-18-16(23)11-8-19-22(9)15(11)21-14/h2-3,6-8H,4-5H2,1H3,(H,18,23)(H,20,21). The van der Waals surface area contributed by atoms with Gasteiger partial charge in [0.05, 0.1) is 18.4 Å². The van der Waals surface area contributed by atoms with E-state index in [0.29, 0.717) is 29.3 Å². The number of halogens is 1. The zero-order chi connectivity index (χ0) is 16.7. The number of rotatable bonds is 0. The monoisotopic (exact) mass is 327 g/mol. The van der Waals surface area contributed by atoms with Crippen LogP contribution >= 0.6 is 0 Å². The Kier molecular flexibility index (Phi) is 3.30. The first kappa shape index (κ1) is 14.4. The van der Waals surface area contributed by atoms with E-state index in [1.54, 1.807) is 22.7 Å². The Hall–Kier alpha value is -3.16. The summed E-state index contributed by atoms with van der Waals surface area (Å²) in [6, 6.07) is 6.16. The quantitative estimate of drug-likeness (QED) is 0.660. The van der Waals surface area contributed by atoms with Gasteiger partial charge < -0.3 is 15.4 Å². The van der Waals surface area contributed by atoms with Crippen LogP contribution in [0.15, 0.2) is 30.5 Å². The van der Waals surface area contributed by atoms with Crippen molar-refractivity contribution in [3.8, 4) is 5.75 Å². The summed E-state index contributed by atoms with van der Waals surface area (Å²) < 4.78 is 21.2. The fourth-order valence-electron chi connectivity index (χ4n) is 2.59. The van der Waals surface area contributed by atoms with Crippen LogP contribution in [-0.2, 0) is 0 Å². The van der Waals surface area contributed by atoms with E-state index in [9.17, 15) is 9.18 Å². The van der Waals surface area contributed by atoms with Gasteiger partial charge in [0.15, 0.2) is 5.65 Å². The number of benzene rings is 1. The SMILES string of the molecule is Cc1cc2nc3c(cnn13)C(=O)NCCOc1ccc(F)c(c1)N2. The van der Waals surface area contributed by atoms with Crippen molar-refractivity contribution in [1.82, 2.24) is 19.9 Å². The molecule has 0 atom stereocenters. The Bertz CT molecular complexity index is 953. The summed E-state index contributed by atoms with van der Waals surface area (Å²) in [6.07, 6.45) is 1.47. The number of nitrogens with zero attached hydrogens (tertiary/aromatic N) is 3. The molecule has 1 amide bonds. The van der Waals surface area contributed by atoms with Crippen LogP contribution in [-0.4, -0.2) is 33.7 Å². The lowest BCUT2D eigenvalue weighted by Gasteiger charge is -2.11. The van der Waals surface area contributed by atoms with Gasteiger partial charge in [-0.05, 0) is 19.1 Å². The normalized spacial score (nSPS) is 14.2. The second kappa shape index (κ2) is 5.48. The fourth-order valence-corrected chi connectivity index (χ4v) is 2.59. The van der Waals surface area contributed by atoms with Gasteiger partial charge in [-0.2, -0.15) is 5.10 Å². The van der Waals surface area contributed by atoms with Crippen LogP contribution in [0.25, 0.3) is 5.65 Å². The van der Waals surface area contributed by atoms with E-state index in [-0.39, 0.29) is 18.2 Å². The highest BCUT2D eigenvalue weighted by Crippen LogP contribution is 2.25. The van der Waals surface area contributed by atoms with Gasteiger partial charge in [-0.25, -0.2) is 13.9 Å². The van der Waals surface area contributed by atoms with Crippen molar-refractivity contribution >= 4 is 23.1 Å². The molecule has 4 rings (SSSR count). The summed E-state index contributed by atoms with van der Waals surface area (Å²) in [4.78, 5) is 16.7. The zero-order valence-corrected chi connectivity index (χ0v) is 12.8. The Labute approximate surface area is 136 Å². The van der Waals surface area contributed by atoms with Crippen LogP contribution in [0.4, 0.5) is 15.9 Å². The molecule has 4 bridgehead atoms. The molecule has 24 heavy (non-hydrogen) atoms. The molecule has 7 nitrogen and oxygen atoms in total. The highest BCUT2D eigenvalue weighted by molar-refractivity contribution is 5.99. The third-order valence-electron chi connectivity index (χ3n) is 3.75. The Morgan fingerprint density at radius 1 is 1.33 bits per heavy atom. The first-order valence-electron chi connectivity index (χ1n) is 7.45. The van der Waals surface area contributed by atoms with Crippen LogP contribution in [0.3, 0.4) is 0 Å². The van der Waals surface area contributed by atoms with Crippen molar-refractivity contribution in [2.45, 2.75) is 6.92 Å². The zero-order valence-electron chi connectivity index (χ0n) is 12.8. The number of anilines is 2. The Morgan fingerprint density at radius 3 is 3.08 bits per heavy atom. The van der Waals surface area contributed by atoms with Gasteiger partial charge in [0.25, 0.3) is 5.91 Å². The smallest absolute Gasteiger partial charge is 0.256 e. The Balaban J connectivity index is 1.89. The van der Waals surface area contributed by atoms with Crippen molar-refractivity contribution in [1.29, 1.82) is 0 Å². The highest BCUT2D eigenvalue weighted by atomic mass is 19.1. The minimum Gasteiger partial charge on any atom is -0.492 e. The topological polar surface area (TPSA) is 80.6 Å². The molecule has 0 aliphatic carbocycles. The molecule has 0 unspecified atom stereocenters. The molecule has 3 heterocycles. The molecule has 8 heteroatoms. The van der Waals surface area contributed by atoms with E-state index < -0.39 is 5.82 Å². The fraction of sp³-hybridized carbons (Fsp3) is 0.188. The second-order valence-corrected chi connectivity index (χ2v) is 5.45. The number of hydrogen-bond acceptors (Lipinski definition) is 5. The molecule has 2 aromatic heterocycles. The van der Waals surface area contributed by atoms with Crippen LogP contribution in [0, 0.1) is 12.7 Å². The minimum absolute atomic E-state index is 0.253. The average Bonchev–Trinajstić information content (AvgIpc) is 2.98. The van der Waals surface area contributed by atoms with Gasteiger partial charge in [0.1, 0.15) is 29.6 Å². The average molecular weight is 327 g/mol. The second-order valence-electron chi connectivity index (χ2n) is 5.45. The molecule has 1 aromatic carbocycles. The van der Waals surface area contributed by atoms with Gasteiger partial charge in [-0.15, -0.1) is 0 Å². The predicted molar refractivity (Wildman–Crippen MR) is 85.2 cm³/mol. The highest BCUT2D eigenvalue weighted by Gasteiger charge is 2.17. The lowest BCUT2D eigenvalue weighted by Crippen LogP contribution is -2.28. The minimum atomic E-state index is -0.417. The van der Waals surface area contributed by atoms with E-state index in [0.717, 1.165) is 5.69 Å². The van der Waals surface area contributed by atoms with E-state index in [4.69, 9.17) is 4.74 Å². The molecular weight excluding hydrogens is 313 g/mol. The Morgan fingerprint density at radius 2 is 2.21 bits per heavy atom.